The fourth-order valence-electron chi connectivity index (χ4n) is 3.29. The van der Waals surface area contributed by atoms with Gasteiger partial charge in [0.2, 0.25) is 0 Å². The molecule has 0 fully saturated rings. The summed E-state index contributed by atoms with van der Waals surface area (Å²) >= 11 is 0. The van der Waals surface area contributed by atoms with Crippen LogP contribution in [0.5, 0.6) is 11.5 Å². The van der Waals surface area contributed by atoms with Crippen molar-refractivity contribution in [1.82, 2.24) is 9.55 Å². The van der Waals surface area contributed by atoms with E-state index in [1.165, 1.54) is 0 Å². The Bertz CT molecular complexity index is 1250. The smallest absolute Gasteiger partial charge is 0.420 e. The van der Waals surface area contributed by atoms with Crippen molar-refractivity contribution in [3.63, 3.8) is 0 Å². The van der Waals surface area contributed by atoms with Gasteiger partial charge in [-0.1, -0.05) is 19.6 Å². The van der Waals surface area contributed by atoms with Crippen LogP contribution in [0.3, 0.4) is 0 Å². The number of anilines is 1. The van der Waals surface area contributed by atoms with Gasteiger partial charge in [0.1, 0.15) is 29.4 Å². The van der Waals surface area contributed by atoms with E-state index in [1.54, 1.807) is 5.32 Å². The monoisotopic (exact) mass is 535 g/mol. The molecule has 1 aromatic carbocycles. The summed E-state index contributed by atoms with van der Waals surface area (Å²) in [4.78, 5) is 14.8. The molecular formula is C22H23F6N3O4Si. The second-order valence-corrected chi connectivity index (χ2v) is 14.7. The number of benzene rings is 1. The van der Waals surface area contributed by atoms with Crippen LogP contribution in [0.25, 0.3) is 11.0 Å². The number of carbonyl (C=O) groups is 1. The summed E-state index contributed by atoms with van der Waals surface area (Å²) in [6.07, 6.45) is -9.53. The van der Waals surface area contributed by atoms with Gasteiger partial charge in [0.15, 0.2) is 0 Å². The number of hydrogen-bond acceptors (Lipinski definition) is 4. The summed E-state index contributed by atoms with van der Waals surface area (Å²) in [6.45, 7) is 6.45. The Kier molecular flexibility index (Phi) is 7.60. The number of fused-ring (bicyclic) bond motifs is 1. The lowest BCUT2D eigenvalue weighted by molar-refractivity contribution is -0.139. The highest BCUT2D eigenvalue weighted by Crippen LogP contribution is 2.44. The van der Waals surface area contributed by atoms with Crippen LogP contribution in [-0.4, -0.2) is 35.4 Å². The van der Waals surface area contributed by atoms with E-state index in [1.807, 2.05) is 0 Å². The van der Waals surface area contributed by atoms with Crippen LogP contribution in [0.1, 0.15) is 11.1 Å². The maximum atomic E-state index is 13.9. The lowest BCUT2D eigenvalue weighted by atomic mass is 10.1. The van der Waals surface area contributed by atoms with E-state index in [4.69, 9.17) is 14.6 Å². The number of nitrogens with one attached hydrogen (secondary N) is 1. The van der Waals surface area contributed by atoms with Crippen LogP contribution in [0, 0.1) is 0 Å². The van der Waals surface area contributed by atoms with Crippen LogP contribution < -0.4 is 10.1 Å². The zero-order valence-corrected chi connectivity index (χ0v) is 20.4. The van der Waals surface area contributed by atoms with Gasteiger partial charge in [-0.15, -0.1) is 0 Å². The van der Waals surface area contributed by atoms with E-state index in [9.17, 15) is 31.1 Å². The van der Waals surface area contributed by atoms with Crippen molar-refractivity contribution < 1.29 is 45.7 Å². The van der Waals surface area contributed by atoms with Crippen molar-refractivity contribution in [3.05, 3.63) is 47.8 Å². The maximum absolute atomic E-state index is 13.9. The first-order valence-corrected chi connectivity index (χ1v) is 14.3. The van der Waals surface area contributed by atoms with Crippen LogP contribution in [0.4, 0.5) is 36.8 Å². The number of amides is 1. The second-order valence-electron chi connectivity index (χ2n) is 9.11. The number of halogens is 6. The van der Waals surface area contributed by atoms with Gasteiger partial charge < -0.3 is 19.1 Å². The normalized spacial score (nSPS) is 12.7. The highest BCUT2D eigenvalue weighted by molar-refractivity contribution is 6.76. The molecule has 196 valence electrons. The van der Waals surface area contributed by atoms with Crippen LogP contribution in [0.15, 0.2) is 36.7 Å². The third kappa shape index (κ3) is 6.69. The van der Waals surface area contributed by atoms with E-state index in [2.05, 4.69) is 24.6 Å². The standard InChI is InChI=1S/C22H23F6N3O4Si/c1-36(2,3)9-8-34-12-31-11-15(22(26,27)28)18-17(6-7-29-19(18)31)35-16-5-4-13(30-20(32)33)10-14(16)21(23,24)25/h4-7,10-11,30H,8-9,12H2,1-3H3,(H,32,33). The first-order valence-electron chi connectivity index (χ1n) is 10.6. The number of carboxylic acid groups (broad SMARTS) is 1. The summed E-state index contributed by atoms with van der Waals surface area (Å²) < 4.78 is 94.5. The molecule has 2 heterocycles. The number of hydrogen-bond donors (Lipinski definition) is 2. The fourth-order valence-corrected chi connectivity index (χ4v) is 4.04. The van der Waals surface area contributed by atoms with E-state index in [0.717, 1.165) is 41.2 Å². The molecule has 1 amide bonds. The van der Waals surface area contributed by atoms with E-state index >= 15 is 0 Å². The molecule has 14 heteroatoms. The number of ether oxygens (including phenoxy) is 2. The van der Waals surface area contributed by atoms with Gasteiger partial charge in [-0.2, -0.15) is 26.3 Å². The average molecular weight is 536 g/mol. The van der Waals surface area contributed by atoms with Gasteiger partial charge in [0, 0.05) is 32.8 Å². The van der Waals surface area contributed by atoms with Crippen LogP contribution in [0.2, 0.25) is 25.7 Å². The molecule has 0 aliphatic rings. The first kappa shape index (κ1) is 27.3. The van der Waals surface area contributed by atoms with Gasteiger partial charge >= 0.3 is 18.4 Å². The van der Waals surface area contributed by atoms with Gasteiger partial charge in [0.05, 0.1) is 10.9 Å². The highest BCUT2D eigenvalue weighted by Gasteiger charge is 2.38. The first-order chi connectivity index (χ1) is 16.6. The molecule has 0 saturated heterocycles. The summed E-state index contributed by atoms with van der Waals surface area (Å²) in [5.41, 5.74) is -3.08. The third-order valence-electron chi connectivity index (χ3n) is 5.01. The molecule has 0 bridgehead atoms. The Balaban J connectivity index is 2.04. The summed E-state index contributed by atoms with van der Waals surface area (Å²) in [5, 5.41) is 10.0. The van der Waals surface area contributed by atoms with Crippen molar-refractivity contribution in [2.24, 2.45) is 0 Å². The molecule has 0 aliphatic carbocycles. The number of pyridine rings is 1. The molecule has 36 heavy (non-hydrogen) atoms. The Morgan fingerprint density at radius 1 is 1.06 bits per heavy atom. The lowest BCUT2D eigenvalue weighted by Gasteiger charge is -2.16. The number of rotatable bonds is 8. The number of alkyl halides is 6. The van der Waals surface area contributed by atoms with E-state index in [-0.39, 0.29) is 18.1 Å². The minimum absolute atomic E-state index is 0.175. The van der Waals surface area contributed by atoms with Crippen molar-refractivity contribution >= 4 is 30.9 Å². The minimum atomic E-state index is -4.99. The molecule has 2 aromatic heterocycles. The number of aromatic nitrogens is 2. The Labute approximate surface area is 202 Å². The Morgan fingerprint density at radius 3 is 2.31 bits per heavy atom. The molecule has 0 atom stereocenters. The van der Waals surface area contributed by atoms with Crippen LogP contribution in [-0.2, 0) is 23.8 Å². The topological polar surface area (TPSA) is 85.6 Å². The molecule has 0 aliphatic heterocycles. The van der Waals surface area contributed by atoms with Gasteiger partial charge in [0.25, 0.3) is 0 Å². The predicted octanol–water partition coefficient (Wildman–Crippen LogP) is 7.27. The molecule has 0 spiro atoms. The zero-order chi connectivity index (χ0) is 26.9. The summed E-state index contributed by atoms with van der Waals surface area (Å²) in [7, 11) is -1.44. The van der Waals surface area contributed by atoms with Gasteiger partial charge in [-0.3, -0.25) is 5.32 Å². The Morgan fingerprint density at radius 2 is 1.72 bits per heavy atom. The zero-order valence-electron chi connectivity index (χ0n) is 19.4. The van der Waals surface area contributed by atoms with E-state index < -0.39 is 54.5 Å². The molecule has 2 N–H and O–H groups in total. The molecule has 3 aromatic rings. The largest absolute Gasteiger partial charge is 0.465 e. The molecule has 0 radical (unpaired) electrons. The van der Waals surface area contributed by atoms with Crippen molar-refractivity contribution in [2.75, 3.05) is 11.9 Å². The second kappa shape index (κ2) is 10.0. The SMILES string of the molecule is C[Si](C)(C)CCOCn1cc(C(F)(F)F)c2c(Oc3ccc(NC(=O)O)cc3C(F)(F)F)ccnc21. The number of nitrogens with zero attached hydrogens (tertiary/aromatic N) is 2. The van der Waals surface area contributed by atoms with Crippen molar-refractivity contribution in [3.8, 4) is 11.5 Å². The van der Waals surface area contributed by atoms with E-state index in [0.29, 0.717) is 12.7 Å². The van der Waals surface area contributed by atoms with Gasteiger partial charge in [-0.05, 0) is 30.3 Å². The predicted molar refractivity (Wildman–Crippen MR) is 122 cm³/mol. The molecule has 7 nitrogen and oxygen atoms in total. The minimum Gasteiger partial charge on any atom is -0.465 e. The molecule has 0 saturated carbocycles. The summed E-state index contributed by atoms with van der Waals surface area (Å²) in [6, 6.07) is 4.12. The molecule has 0 unspecified atom stereocenters. The lowest BCUT2D eigenvalue weighted by Crippen LogP contribution is -2.22. The van der Waals surface area contributed by atoms with Crippen molar-refractivity contribution in [1.29, 1.82) is 0 Å². The third-order valence-corrected chi connectivity index (χ3v) is 6.71. The Hall–Kier alpha value is -3.26. The van der Waals surface area contributed by atoms with Crippen LogP contribution >= 0.6 is 0 Å². The quantitative estimate of drug-likeness (QED) is 0.180. The molecule has 3 rings (SSSR count). The highest BCUT2D eigenvalue weighted by atomic mass is 28.3. The average Bonchev–Trinajstić information content (AvgIpc) is 3.11. The summed E-state index contributed by atoms with van der Waals surface area (Å²) in [5.74, 6) is -1.31. The van der Waals surface area contributed by atoms with Crippen molar-refractivity contribution in [2.45, 2.75) is 44.8 Å². The maximum Gasteiger partial charge on any atom is 0.420 e. The van der Waals surface area contributed by atoms with Gasteiger partial charge in [-0.25, -0.2) is 9.78 Å². The fraction of sp³-hybridized carbons (Fsp3) is 0.364. The molecular weight excluding hydrogens is 512 g/mol.